The summed E-state index contributed by atoms with van der Waals surface area (Å²) >= 11 is 0. The minimum Gasteiger partial charge on any atom is -0.352 e. The van der Waals surface area contributed by atoms with Crippen molar-refractivity contribution in [3.63, 3.8) is 0 Å². The number of rotatable bonds is 8. The third-order valence-electron chi connectivity index (χ3n) is 5.07. The van der Waals surface area contributed by atoms with Crippen LogP contribution < -0.4 is 10.0 Å². The summed E-state index contributed by atoms with van der Waals surface area (Å²) in [5, 5.41) is 2.88. The summed E-state index contributed by atoms with van der Waals surface area (Å²) in [5.41, 5.74) is 1.97. The second-order valence-electron chi connectivity index (χ2n) is 7.58. The number of anilines is 1. The summed E-state index contributed by atoms with van der Waals surface area (Å²) in [5.74, 6) is 0.855. The lowest BCUT2D eigenvalue weighted by atomic mass is 10.1. The summed E-state index contributed by atoms with van der Waals surface area (Å²) in [7, 11) is -3.83. The predicted octanol–water partition coefficient (Wildman–Crippen LogP) is 3.37. The highest BCUT2D eigenvalue weighted by molar-refractivity contribution is 7.92. The van der Waals surface area contributed by atoms with Gasteiger partial charge in [-0.05, 0) is 66.6 Å². The molecule has 2 N–H and O–H groups in total. The Hall–Kier alpha value is -4.05. The topological polar surface area (TPSA) is 106 Å². The molecule has 4 rings (SSSR count). The van der Waals surface area contributed by atoms with E-state index in [1.54, 1.807) is 36.7 Å². The van der Waals surface area contributed by atoms with Crippen molar-refractivity contribution in [1.82, 2.24) is 19.9 Å². The van der Waals surface area contributed by atoms with E-state index < -0.39 is 15.8 Å². The van der Waals surface area contributed by atoms with Gasteiger partial charge >= 0.3 is 0 Å². The molecule has 0 atom stereocenters. The molecule has 1 amide bonds. The van der Waals surface area contributed by atoms with Crippen LogP contribution in [0.4, 0.5) is 10.1 Å². The van der Waals surface area contributed by atoms with Gasteiger partial charge in [0.15, 0.2) is 0 Å². The second kappa shape index (κ2) is 9.84. The number of aromatic nitrogens is 3. The fourth-order valence-corrected chi connectivity index (χ4v) is 4.35. The highest BCUT2D eigenvalue weighted by Crippen LogP contribution is 2.17. The van der Waals surface area contributed by atoms with Crippen LogP contribution in [0.15, 0.2) is 84.1 Å². The number of benzene rings is 2. The van der Waals surface area contributed by atoms with Gasteiger partial charge in [0.25, 0.3) is 10.0 Å². The number of carbonyl (C=O) groups excluding carboxylic acids is 1. The molecule has 0 radical (unpaired) electrons. The van der Waals surface area contributed by atoms with Crippen molar-refractivity contribution in [2.75, 3.05) is 4.72 Å². The number of hydrogen-bond donors (Lipinski definition) is 2. The van der Waals surface area contributed by atoms with Crippen LogP contribution in [0.5, 0.6) is 0 Å². The van der Waals surface area contributed by atoms with Gasteiger partial charge in [-0.15, -0.1) is 0 Å². The Balaban J connectivity index is 1.33. The zero-order valence-electron chi connectivity index (χ0n) is 18.3. The molecule has 34 heavy (non-hydrogen) atoms. The maximum absolute atomic E-state index is 13.0. The van der Waals surface area contributed by atoms with Crippen LogP contribution in [-0.2, 0) is 27.8 Å². The van der Waals surface area contributed by atoms with E-state index in [2.05, 4.69) is 20.0 Å². The van der Waals surface area contributed by atoms with E-state index in [9.17, 15) is 17.6 Å². The average molecular weight is 480 g/mol. The van der Waals surface area contributed by atoms with Gasteiger partial charge in [-0.2, -0.15) is 0 Å². The monoisotopic (exact) mass is 479 g/mol. The molecule has 0 unspecified atom stereocenters. The quantitative estimate of drug-likeness (QED) is 0.403. The molecule has 0 saturated heterocycles. The van der Waals surface area contributed by atoms with E-state index in [1.165, 1.54) is 12.1 Å². The van der Waals surface area contributed by atoms with Gasteiger partial charge in [-0.25, -0.2) is 22.8 Å². The zero-order chi connectivity index (χ0) is 24.1. The largest absolute Gasteiger partial charge is 0.352 e. The number of nitrogens with zero attached hydrogens (tertiary/aromatic N) is 3. The van der Waals surface area contributed by atoms with Crippen molar-refractivity contribution in [2.45, 2.75) is 24.8 Å². The summed E-state index contributed by atoms with van der Waals surface area (Å²) in [6, 6.07) is 14.8. The Labute approximate surface area is 196 Å². The van der Waals surface area contributed by atoms with Crippen molar-refractivity contribution in [3.8, 4) is 5.82 Å². The summed E-state index contributed by atoms with van der Waals surface area (Å²) in [6.07, 6.45) is 5.35. The number of carbonyl (C=O) groups is 1. The van der Waals surface area contributed by atoms with Crippen LogP contribution in [0.1, 0.15) is 17.0 Å². The molecule has 0 saturated carbocycles. The van der Waals surface area contributed by atoms with Crippen molar-refractivity contribution in [3.05, 3.63) is 102 Å². The van der Waals surface area contributed by atoms with Gasteiger partial charge < -0.3 is 5.32 Å². The number of aryl methyl sites for hydroxylation is 1. The smallest absolute Gasteiger partial charge is 0.261 e. The lowest BCUT2D eigenvalue weighted by Crippen LogP contribution is -2.24. The molecule has 0 spiro atoms. The third kappa shape index (κ3) is 5.65. The second-order valence-corrected chi connectivity index (χ2v) is 9.26. The van der Waals surface area contributed by atoms with Gasteiger partial charge in [-0.1, -0.05) is 12.1 Å². The number of pyridine rings is 1. The van der Waals surface area contributed by atoms with Gasteiger partial charge in [0.1, 0.15) is 17.5 Å². The molecule has 174 valence electrons. The van der Waals surface area contributed by atoms with Gasteiger partial charge in [-0.3, -0.25) is 14.1 Å². The van der Waals surface area contributed by atoms with E-state index in [4.69, 9.17) is 0 Å². The zero-order valence-corrected chi connectivity index (χ0v) is 19.1. The Bertz CT molecular complexity index is 1400. The van der Waals surface area contributed by atoms with Crippen molar-refractivity contribution < 1.29 is 17.6 Å². The first-order valence-corrected chi connectivity index (χ1v) is 11.9. The number of amides is 1. The van der Waals surface area contributed by atoms with Gasteiger partial charge in [0.2, 0.25) is 5.91 Å². The van der Waals surface area contributed by atoms with Crippen LogP contribution in [0.2, 0.25) is 0 Å². The fraction of sp³-hybridized carbons (Fsp3) is 0.125. The highest BCUT2D eigenvalue weighted by Gasteiger charge is 2.14. The summed E-state index contributed by atoms with van der Waals surface area (Å²) < 4.78 is 42.1. The van der Waals surface area contributed by atoms with Crippen molar-refractivity contribution >= 4 is 21.6 Å². The minimum atomic E-state index is -3.83. The first-order valence-electron chi connectivity index (χ1n) is 10.4. The standard InChI is InChI=1S/C24H22FN5O3S/c1-17-26-12-13-30(17)23-14-19(10-11-27-23)16-28-24(31)15-18-2-6-21(7-3-18)29-34(32,33)22-8-4-20(25)5-9-22/h2-14,29H,15-16H2,1H3,(H,28,31). The molecular formula is C24H22FN5O3S. The molecular weight excluding hydrogens is 457 g/mol. The maximum Gasteiger partial charge on any atom is 0.261 e. The number of nitrogens with one attached hydrogen (secondary N) is 2. The van der Waals surface area contributed by atoms with Crippen LogP contribution in [-0.4, -0.2) is 28.9 Å². The lowest BCUT2D eigenvalue weighted by molar-refractivity contribution is -0.120. The number of sulfonamides is 1. The molecule has 0 aliphatic rings. The molecule has 4 aromatic rings. The molecule has 10 heteroatoms. The number of imidazole rings is 1. The number of hydrogen-bond acceptors (Lipinski definition) is 5. The predicted molar refractivity (Wildman–Crippen MR) is 125 cm³/mol. The van der Waals surface area contributed by atoms with Crippen LogP contribution >= 0.6 is 0 Å². The first-order chi connectivity index (χ1) is 16.3. The summed E-state index contributed by atoms with van der Waals surface area (Å²) in [6.45, 7) is 2.23. The minimum absolute atomic E-state index is 0.0418. The van der Waals surface area contributed by atoms with E-state index in [1.807, 2.05) is 29.8 Å². The lowest BCUT2D eigenvalue weighted by Gasteiger charge is -2.10. The Morgan fingerprint density at radius 1 is 0.971 bits per heavy atom. The molecule has 0 fully saturated rings. The normalized spacial score (nSPS) is 11.2. The fourth-order valence-electron chi connectivity index (χ4n) is 3.29. The molecule has 0 aliphatic heterocycles. The van der Waals surface area contributed by atoms with Crippen LogP contribution in [0.3, 0.4) is 0 Å². The molecule has 8 nitrogen and oxygen atoms in total. The maximum atomic E-state index is 13.0. The average Bonchev–Trinajstić information content (AvgIpc) is 3.25. The van der Waals surface area contributed by atoms with E-state index >= 15 is 0 Å². The van der Waals surface area contributed by atoms with E-state index in [0.29, 0.717) is 12.2 Å². The van der Waals surface area contributed by atoms with Crippen LogP contribution in [0.25, 0.3) is 5.82 Å². The molecule has 2 aromatic heterocycles. The van der Waals surface area contributed by atoms with Crippen molar-refractivity contribution in [2.24, 2.45) is 0 Å². The van der Waals surface area contributed by atoms with Gasteiger partial charge in [0.05, 0.1) is 11.3 Å². The van der Waals surface area contributed by atoms with Gasteiger partial charge in [0, 0.05) is 30.8 Å². The first kappa shape index (κ1) is 23.1. The van der Waals surface area contributed by atoms with Crippen molar-refractivity contribution in [1.29, 1.82) is 0 Å². The molecule has 0 aliphatic carbocycles. The molecule has 2 heterocycles. The number of halogens is 1. The molecule has 2 aromatic carbocycles. The SMILES string of the molecule is Cc1nccn1-c1cc(CNC(=O)Cc2ccc(NS(=O)(=O)c3ccc(F)cc3)cc2)ccn1. The Morgan fingerprint density at radius 2 is 1.71 bits per heavy atom. The highest BCUT2D eigenvalue weighted by atomic mass is 32.2. The third-order valence-corrected chi connectivity index (χ3v) is 6.46. The summed E-state index contributed by atoms with van der Waals surface area (Å²) in [4.78, 5) is 20.9. The molecule has 0 bridgehead atoms. The Kier molecular flexibility index (Phi) is 6.69. The Morgan fingerprint density at radius 3 is 2.38 bits per heavy atom. The van der Waals surface area contributed by atoms with E-state index in [0.717, 1.165) is 34.9 Å². The van der Waals surface area contributed by atoms with E-state index in [-0.39, 0.29) is 17.2 Å². The van der Waals surface area contributed by atoms with Crippen LogP contribution in [0, 0.1) is 12.7 Å².